The van der Waals surface area contributed by atoms with E-state index in [-0.39, 0.29) is 0 Å². The summed E-state index contributed by atoms with van der Waals surface area (Å²) in [4.78, 5) is 9.74. The number of hydrogen-bond acceptors (Lipinski definition) is 3. The third-order valence-corrected chi connectivity index (χ3v) is 3.50. The second-order valence-electron chi connectivity index (χ2n) is 6.23. The van der Waals surface area contributed by atoms with Crippen molar-refractivity contribution in [1.29, 1.82) is 0 Å². The van der Waals surface area contributed by atoms with Gasteiger partial charge in [-0.15, -0.1) is 5.10 Å². The molecule has 2 aromatic rings. The minimum atomic E-state index is -10.7. The van der Waals surface area contributed by atoms with Crippen LogP contribution in [0.15, 0.2) is 24.3 Å². The SMILES string of the molecule is C[N+](C)=C(On1nnc2ccccc21)N1CCCCC1.F[P-](F)(F)(F)(F)F. The summed E-state index contributed by atoms with van der Waals surface area (Å²) in [6.07, 6.45) is 3.71. The van der Waals surface area contributed by atoms with Crippen molar-refractivity contribution in [2.75, 3.05) is 27.2 Å². The summed E-state index contributed by atoms with van der Waals surface area (Å²) < 4.78 is 61.2. The van der Waals surface area contributed by atoms with E-state index < -0.39 is 7.81 Å². The molecule has 1 aliphatic rings. The number of likely N-dealkylation sites (tertiary alicyclic amines) is 1. The van der Waals surface area contributed by atoms with E-state index in [1.165, 1.54) is 24.1 Å². The zero-order chi connectivity index (χ0) is 20.4. The van der Waals surface area contributed by atoms with Gasteiger partial charge < -0.3 is 0 Å². The van der Waals surface area contributed by atoms with Crippen molar-refractivity contribution in [3.63, 3.8) is 0 Å². The van der Waals surface area contributed by atoms with E-state index >= 15 is 0 Å². The van der Waals surface area contributed by atoms with E-state index in [0.717, 1.165) is 30.1 Å². The Morgan fingerprint density at radius 1 is 1.00 bits per heavy atom. The van der Waals surface area contributed by atoms with Gasteiger partial charge in [0.25, 0.3) is 0 Å². The van der Waals surface area contributed by atoms with Crippen LogP contribution in [0.25, 0.3) is 11.0 Å². The normalized spacial score (nSPS) is 17.4. The quantitative estimate of drug-likeness (QED) is 0.227. The molecule has 13 heteroatoms. The monoisotopic (exact) mass is 419 g/mol. The number of hydrogen-bond donors (Lipinski definition) is 0. The molecule has 6 nitrogen and oxygen atoms in total. The van der Waals surface area contributed by atoms with Gasteiger partial charge in [0, 0.05) is 0 Å². The Kier molecular flexibility index (Phi) is 5.35. The summed E-state index contributed by atoms with van der Waals surface area (Å²) in [6.45, 7) is 2.06. The molecule has 1 aromatic carbocycles. The van der Waals surface area contributed by atoms with Crippen molar-refractivity contribution in [2.24, 2.45) is 0 Å². The van der Waals surface area contributed by atoms with Crippen LogP contribution in [0.2, 0.25) is 0 Å². The first-order chi connectivity index (χ1) is 12.2. The third kappa shape index (κ3) is 7.98. The minimum absolute atomic E-state index is 0.820. The average Bonchev–Trinajstić information content (AvgIpc) is 2.93. The molecule has 0 bridgehead atoms. The molecule has 2 heterocycles. The van der Waals surface area contributed by atoms with Gasteiger partial charge in [0.2, 0.25) is 0 Å². The van der Waals surface area contributed by atoms with E-state index in [4.69, 9.17) is 4.84 Å². The Hall–Kier alpha value is -2.10. The number of rotatable bonds is 1. The molecular weight excluding hydrogens is 399 g/mol. The van der Waals surface area contributed by atoms with E-state index in [9.17, 15) is 25.2 Å². The van der Waals surface area contributed by atoms with Gasteiger partial charge in [-0.05, 0) is 36.6 Å². The first kappa shape index (κ1) is 21.2. The second-order valence-corrected chi connectivity index (χ2v) is 8.14. The molecule has 0 radical (unpaired) electrons. The Labute approximate surface area is 151 Å². The van der Waals surface area contributed by atoms with Crippen LogP contribution in [-0.2, 0) is 0 Å². The number of amidine groups is 1. The van der Waals surface area contributed by atoms with Crippen LogP contribution in [-0.4, -0.2) is 57.8 Å². The molecule has 1 aliphatic heterocycles. The van der Waals surface area contributed by atoms with Crippen molar-refractivity contribution in [3.05, 3.63) is 24.3 Å². The summed E-state index contributed by atoms with van der Waals surface area (Å²) in [6, 6.07) is 8.61. The van der Waals surface area contributed by atoms with Gasteiger partial charge >= 0.3 is 39.0 Å². The second kappa shape index (κ2) is 6.81. The van der Waals surface area contributed by atoms with Crippen molar-refractivity contribution in [1.82, 2.24) is 20.1 Å². The molecule has 3 rings (SSSR count). The van der Waals surface area contributed by atoms with Crippen molar-refractivity contribution in [3.8, 4) is 0 Å². The van der Waals surface area contributed by atoms with Gasteiger partial charge in [0.1, 0.15) is 11.0 Å². The molecule has 1 saturated heterocycles. The molecule has 0 amide bonds. The Balaban J connectivity index is 0.000000321. The van der Waals surface area contributed by atoms with Gasteiger partial charge in [-0.3, -0.25) is 4.84 Å². The van der Waals surface area contributed by atoms with Crippen molar-refractivity contribution >= 4 is 24.9 Å². The first-order valence-electron chi connectivity index (χ1n) is 8.05. The number of piperidine rings is 1. The Morgan fingerprint density at radius 2 is 1.56 bits per heavy atom. The first-order valence-corrected chi connectivity index (χ1v) is 10.1. The number of halogens is 6. The van der Waals surface area contributed by atoms with Crippen LogP contribution in [0.1, 0.15) is 19.3 Å². The maximum atomic E-state index is 9.87. The molecule has 0 unspecified atom stereocenters. The summed E-state index contributed by atoms with van der Waals surface area (Å²) in [7, 11) is -6.68. The molecule has 0 saturated carbocycles. The van der Waals surface area contributed by atoms with Crippen molar-refractivity contribution in [2.45, 2.75) is 19.3 Å². The van der Waals surface area contributed by atoms with Crippen LogP contribution in [0, 0.1) is 0 Å². The molecule has 0 N–H and O–H groups in total. The fraction of sp³-hybridized carbons (Fsp3) is 0.500. The van der Waals surface area contributed by atoms with Crippen LogP contribution in [0.5, 0.6) is 0 Å². The predicted molar refractivity (Wildman–Crippen MR) is 90.2 cm³/mol. The molecular formula is C14H20F6N5OP. The molecule has 1 aromatic heterocycles. The van der Waals surface area contributed by atoms with E-state index in [1.807, 2.05) is 42.9 Å². The zero-order valence-corrected chi connectivity index (χ0v) is 15.6. The molecule has 154 valence electrons. The standard InChI is InChI=1S/C14H20N5O.F6P/c1-17(2)14(18-10-6-3-7-11-18)20-19-13-9-5-4-8-12(13)15-16-19;1-7(2,3,4,5)6/h4-5,8-9H,3,6-7,10-11H2,1-2H3;/q+1;-1. The summed E-state index contributed by atoms with van der Waals surface area (Å²) in [5.74, 6) is 0. The van der Waals surface area contributed by atoms with Gasteiger partial charge in [-0.2, -0.15) is 0 Å². The number of nitrogens with zero attached hydrogens (tertiary/aromatic N) is 5. The van der Waals surface area contributed by atoms with Gasteiger partial charge in [0.05, 0.1) is 27.2 Å². The molecule has 0 spiro atoms. The van der Waals surface area contributed by atoms with Gasteiger partial charge in [-0.25, -0.2) is 9.48 Å². The summed E-state index contributed by atoms with van der Waals surface area (Å²) in [5.41, 5.74) is 1.72. The fourth-order valence-electron chi connectivity index (χ4n) is 2.50. The maximum absolute atomic E-state index is 10.7. The summed E-state index contributed by atoms with van der Waals surface area (Å²) in [5, 5.41) is 8.20. The van der Waals surface area contributed by atoms with E-state index in [1.54, 1.807) is 0 Å². The van der Waals surface area contributed by atoms with E-state index in [2.05, 4.69) is 15.2 Å². The van der Waals surface area contributed by atoms with Crippen LogP contribution in [0.4, 0.5) is 25.2 Å². The van der Waals surface area contributed by atoms with Crippen LogP contribution in [0.3, 0.4) is 0 Å². The molecule has 27 heavy (non-hydrogen) atoms. The Bertz CT molecular complexity index is 814. The fourth-order valence-corrected chi connectivity index (χ4v) is 2.50. The number of fused-ring (bicyclic) bond motifs is 1. The van der Waals surface area contributed by atoms with Crippen LogP contribution < -0.4 is 4.84 Å². The average molecular weight is 419 g/mol. The van der Waals surface area contributed by atoms with Crippen LogP contribution >= 0.6 is 7.81 Å². The van der Waals surface area contributed by atoms with E-state index in [0.29, 0.717) is 0 Å². The predicted octanol–water partition coefficient (Wildman–Crippen LogP) is 4.36. The number of aromatic nitrogens is 3. The molecule has 1 fully saturated rings. The Morgan fingerprint density at radius 3 is 2.11 bits per heavy atom. The number of para-hydroxylation sites is 1. The molecule has 0 atom stereocenters. The zero-order valence-electron chi connectivity index (χ0n) is 14.7. The summed E-state index contributed by atoms with van der Waals surface area (Å²) >= 11 is 0. The topological polar surface area (TPSA) is 46.2 Å². The number of benzene rings is 1. The van der Waals surface area contributed by atoms with Gasteiger partial charge in [0.15, 0.2) is 0 Å². The van der Waals surface area contributed by atoms with Crippen molar-refractivity contribution < 1.29 is 34.6 Å². The molecule has 0 aliphatic carbocycles. The van der Waals surface area contributed by atoms with Gasteiger partial charge in [-0.1, -0.05) is 17.0 Å². The third-order valence-electron chi connectivity index (χ3n) is 3.50.